The summed E-state index contributed by atoms with van der Waals surface area (Å²) in [4.78, 5) is 0. The highest BCUT2D eigenvalue weighted by atomic mass is 19.1. The van der Waals surface area contributed by atoms with Crippen molar-refractivity contribution in [2.24, 2.45) is 0 Å². The van der Waals surface area contributed by atoms with E-state index < -0.39 is 18.6 Å². The van der Waals surface area contributed by atoms with Crippen LogP contribution in [0.15, 0.2) is 12.1 Å². The number of hydrogen-bond donors (Lipinski definition) is 1. The second-order valence-corrected chi connectivity index (χ2v) is 2.87. The molecular formula is C10H12F2O3. The van der Waals surface area contributed by atoms with Crippen LogP contribution >= 0.6 is 0 Å². The molecule has 0 fully saturated rings. The van der Waals surface area contributed by atoms with Crippen molar-refractivity contribution < 1.29 is 23.4 Å². The van der Waals surface area contributed by atoms with Gasteiger partial charge in [0.05, 0.1) is 19.8 Å². The Morgan fingerprint density at radius 3 is 2.47 bits per heavy atom. The van der Waals surface area contributed by atoms with Crippen LogP contribution < -0.4 is 9.47 Å². The van der Waals surface area contributed by atoms with Gasteiger partial charge in [0.2, 0.25) is 0 Å². The van der Waals surface area contributed by atoms with Gasteiger partial charge < -0.3 is 14.6 Å². The molecule has 0 aliphatic carbocycles. The molecule has 1 atom stereocenters. The monoisotopic (exact) mass is 218 g/mol. The maximum Gasteiger partial charge on any atom is 0.165 e. The predicted octanol–water partition coefficient (Wildman–Crippen LogP) is 1.85. The summed E-state index contributed by atoms with van der Waals surface area (Å²) >= 11 is 0. The smallest absolute Gasteiger partial charge is 0.165 e. The van der Waals surface area contributed by atoms with E-state index in [1.165, 1.54) is 20.3 Å². The zero-order chi connectivity index (χ0) is 11.4. The molecule has 3 nitrogen and oxygen atoms in total. The fourth-order valence-corrected chi connectivity index (χ4v) is 1.33. The first-order valence-corrected chi connectivity index (χ1v) is 4.30. The van der Waals surface area contributed by atoms with Gasteiger partial charge in [-0.15, -0.1) is 0 Å². The molecule has 0 saturated carbocycles. The largest absolute Gasteiger partial charge is 0.496 e. The summed E-state index contributed by atoms with van der Waals surface area (Å²) in [6, 6.07) is 2.44. The molecule has 0 amide bonds. The molecule has 5 heteroatoms. The highest BCUT2D eigenvalue weighted by Crippen LogP contribution is 2.36. The summed E-state index contributed by atoms with van der Waals surface area (Å²) in [7, 11) is 2.59. The standard InChI is InChI=1S/C10H12F2O3/c1-14-8-4-3-6(12)10(15-2)9(8)7(13)5-11/h3-4,7,13H,5H2,1-2H3. The summed E-state index contributed by atoms with van der Waals surface area (Å²) in [5, 5.41) is 9.38. The van der Waals surface area contributed by atoms with Crippen molar-refractivity contribution in [3.05, 3.63) is 23.5 Å². The van der Waals surface area contributed by atoms with Gasteiger partial charge in [-0.25, -0.2) is 8.78 Å². The Morgan fingerprint density at radius 2 is 2.00 bits per heavy atom. The number of benzene rings is 1. The average Bonchev–Trinajstić information content (AvgIpc) is 2.27. The van der Waals surface area contributed by atoms with Gasteiger partial charge in [0.25, 0.3) is 0 Å². The SMILES string of the molecule is COc1ccc(F)c(OC)c1C(O)CF. The van der Waals surface area contributed by atoms with Crippen LogP contribution in [0.4, 0.5) is 8.78 Å². The van der Waals surface area contributed by atoms with Crippen molar-refractivity contribution in [2.45, 2.75) is 6.10 Å². The van der Waals surface area contributed by atoms with Gasteiger partial charge in [0, 0.05) is 0 Å². The second-order valence-electron chi connectivity index (χ2n) is 2.87. The third-order valence-corrected chi connectivity index (χ3v) is 2.01. The zero-order valence-corrected chi connectivity index (χ0v) is 8.46. The lowest BCUT2D eigenvalue weighted by molar-refractivity contribution is 0.134. The zero-order valence-electron chi connectivity index (χ0n) is 8.46. The van der Waals surface area contributed by atoms with Crippen LogP contribution in [0.25, 0.3) is 0 Å². The molecular weight excluding hydrogens is 206 g/mol. The molecule has 0 spiro atoms. The van der Waals surface area contributed by atoms with E-state index in [1.54, 1.807) is 0 Å². The van der Waals surface area contributed by atoms with Crippen molar-refractivity contribution in [1.29, 1.82) is 0 Å². The predicted molar refractivity (Wildman–Crippen MR) is 50.4 cm³/mol. The molecule has 0 heterocycles. The first-order chi connectivity index (χ1) is 7.15. The van der Waals surface area contributed by atoms with Crippen LogP contribution in [-0.2, 0) is 0 Å². The van der Waals surface area contributed by atoms with Crippen molar-refractivity contribution in [3.63, 3.8) is 0 Å². The van der Waals surface area contributed by atoms with Gasteiger partial charge in [-0.05, 0) is 12.1 Å². The normalized spacial score (nSPS) is 12.3. The van der Waals surface area contributed by atoms with Gasteiger partial charge in [0.1, 0.15) is 18.5 Å². The van der Waals surface area contributed by atoms with Crippen LogP contribution in [0.3, 0.4) is 0 Å². The number of halogens is 2. The molecule has 0 aliphatic rings. The lowest BCUT2D eigenvalue weighted by Crippen LogP contribution is -2.06. The minimum absolute atomic E-state index is 0.0116. The molecule has 0 aromatic heterocycles. The average molecular weight is 218 g/mol. The molecule has 0 bridgehead atoms. The Bertz CT molecular complexity index is 342. The quantitative estimate of drug-likeness (QED) is 0.838. The van der Waals surface area contributed by atoms with E-state index in [0.717, 1.165) is 6.07 Å². The van der Waals surface area contributed by atoms with E-state index in [-0.39, 0.29) is 17.1 Å². The van der Waals surface area contributed by atoms with Crippen LogP contribution in [0, 0.1) is 5.82 Å². The van der Waals surface area contributed by atoms with E-state index in [0.29, 0.717) is 0 Å². The number of ether oxygens (including phenoxy) is 2. The summed E-state index contributed by atoms with van der Waals surface area (Å²) < 4.78 is 35.3. The Hall–Kier alpha value is -1.36. The van der Waals surface area contributed by atoms with E-state index in [9.17, 15) is 13.9 Å². The van der Waals surface area contributed by atoms with E-state index >= 15 is 0 Å². The van der Waals surface area contributed by atoms with E-state index in [4.69, 9.17) is 9.47 Å². The highest BCUT2D eigenvalue weighted by Gasteiger charge is 2.21. The number of alkyl halides is 1. The lowest BCUT2D eigenvalue weighted by Gasteiger charge is -2.16. The second kappa shape index (κ2) is 4.93. The number of rotatable bonds is 4. The summed E-state index contributed by atoms with van der Waals surface area (Å²) in [5.41, 5.74) is -0.0116. The van der Waals surface area contributed by atoms with Crippen molar-refractivity contribution >= 4 is 0 Å². The number of methoxy groups -OCH3 is 2. The Morgan fingerprint density at radius 1 is 1.33 bits per heavy atom. The maximum absolute atomic E-state index is 13.2. The highest BCUT2D eigenvalue weighted by molar-refractivity contribution is 5.47. The van der Waals surface area contributed by atoms with Crippen LogP contribution in [0.5, 0.6) is 11.5 Å². The minimum Gasteiger partial charge on any atom is -0.496 e. The maximum atomic E-state index is 13.2. The van der Waals surface area contributed by atoms with Crippen molar-refractivity contribution in [1.82, 2.24) is 0 Å². The Balaban J connectivity index is 3.33. The fourth-order valence-electron chi connectivity index (χ4n) is 1.33. The Kier molecular flexibility index (Phi) is 3.85. The van der Waals surface area contributed by atoms with Gasteiger partial charge in [-0.1, -0.05) is 0 Å². The third kappa shape index (κ3) is 2.18. The van der Waals surface area contributed by atoms with E-state index in [2.05, 4.69) is 0 Å². The minimum atomic E-state index is -1.45. The topological polar surface area (TPSA) is 38.7 Å². The molecule has 1 N–H and O–H groups in total. The number of aliphatic hydroxyl groups excluding tert-OH is 1. The molecule has 0 saturated heterocycles. The molecule has 1 unspecified atom stereocenters. The van der Waals surface area contributed by atoms with Crippen molar-refractivity contribution in [3.8, 4) is 11.5 Å². The number of hydrogen-bond acceptors (Lipinski definition) is 3. The van der Waals surface area contributed by atoms with Crippen LogP contribution in [0.2, 0.25) is 0 Å². The summed E-state index contributed by atoms with van der Waals surface area (Å²) in [6.45, 7) is -1.03. The molecule has 1 aromatic rings. The summed E-state index contributed by atoms with van der Waals surface area (Å²) in [5.74, 6) is -0.668. The van der Waals surface area contributed by atoms with Gasteiger partial charge in [-0.2, -0.15) is 0 Å². The lowest BCUT2D eigenvalue weighted by atomic mass is 10.1. The molecule has 84 valence electrons. The first-order valence-electron chi connectivity index (χ1n) is 4.30. The summed E-state index contributed by atoms with van der Waals surface area (Å²) in [6.07, 6.45) is -1.45. The van der Waals surface area contributed by atoms with Gasteiger partial charge in [-0.3, -0.25) is 0 Å². The van der Waals surface area contributed by atoms with Crippen LogP contribution in [0.1, 0.15) is 11.7 Å². The van der Waals surface area contributed by atoms with Gasteiger partial charge >= 0.3 is 0 Å². The third-order valence-electron chi connectivity index (χ3n) is 2.01. The van der Waals surface area contributed by atoms with Crippen LogP contribution in [-0.4, -0.2) is 26.0 Å². The molecule has 1 rings (SSSR count). The molecule has 15 heavy (non-hydrogen) atoms. The first kappa shape index (κ1) is 11.7. The fraction of sp³-hybridized carbons (Fsp3) is 0.400. The number of aliphatic hydroxyl groups is 1. The molecule has 0 radical (unpaired) electrons. The van der Waals surface area contributed by atoms with E-state index in [1.807, 2.05) is 0 Å². The van der Waals surface area contributed by atoms with Gasteiger partial charge in [0.15, 0.2) is 11.6 Å². The molecule has 0 aliphatic heterocycles. The van der Waals surface area contributed by atoms with Crippen molar-refractivity contribution in [2.75, 3.05) is 20.9 Å². The Labute approximate surface area is 86.2 Å². The molecule has 1 aromatic carbocycles.